The van der Waals surface area contributed by atoms with Crippen molar-refractivity contribution in [2.75, 3.05) is 12.0 Å². The van der Waals surface area contributed by atoms with Gasteiger partial charge in [-0.05, 0) is 35.6 Å². The van der Waals surface area contributed by atoms with Crippen LogP contribution in [0.2, 0.25) is 0 Å². The molecule has 0 aromatic rings. The molecule has 0 aliphatic rings. The summed E-state index contributed by atoms with van der Waals surface area (Å²) in [6, 6.07) is 0. The van der Waals surface area contributed by atoms with Crippen LogP contribution in [0.3, 0.4) is 0 Å². The Morgan fingerprint density at radius 2 is 0.842 bits per heavy atom. The van der Waals surface area contributed by atoms with Crippen molar-refractivity contribution in [2.45, 2.75) is 41.0 Å². The first kappa shape index (κ1) is 32.4. The fourth-order valence-electron chi connectivity index (χ4n) is 0. The van der Waals surface area contributed by atoms with Crippen LogP contribution in [-0.2, 0) is 23.6 Å². The van der Waals surface area contributed by atoms with Gasteiger partial charge in [-0.25, -0.2) is 0 Å². The molecule has 0 aliphatic heterocycles. The average molecular weight is 378 g/mol. The van der Waals surface area contributed by atoms with Crippen LogP contribution in [0.4, 0.5) is 0 Å². The molecule has 0 saturated heterocycles. The molecule has 19 heavy (non-hydrogen) atoms. The third kappa shape index (κ3) is 1010. The Labute approximate surface area is 131 Å². The van der Waals surface area contributed by atoms with Gasteiger partial charge in [0.25, 0.3) is 0 Å². The molecule has 0 unspecified atom stereocenters. The number of hydrogen-bond donors (Lipinski definition) is 6. The second-order valence-electron chi connectivity index (χ2n) is 2.31. The van der Waals surface area contributed by atoms with E-state index < -0.39 is 13.4 Å². The maximum atomic E-state index is 7.56. The summed E-state index contributed by atoms with van der Waals surface area (Å²) < 4.78 is 0. The Morgan fingerprint density at radius 1 is 0.789 bits per heavy atom. The van der Waals surface area contributed by atoms with Crippen LogP contribution in [0, 0.1) is 0 Å². The molecule has 0 fully saturated rings. The van der Waals surface area contributed by atoms with Crippen LogP contribution >= 0.6 is 25.2 Å². The lowest BCUT2D eigenvalue weighted by atomic mass is 10.6. The van der Waals surface area contributed by atoms with E-state index in [-0.39, 0.29) is 0 Å². The van der Waals surface area contributed by atoms with Crippen molar-refractivity contribution in [1.82, 2.24) is 0 Å². The Morgan fingerprint density at radius 3 is 0.842 bits per heavy atom. The first-order valence-electron chi connectivity index (χ1n) is 5.38. The van der Waals surface area contributed by atoms with Gasteiger partial charge >= 0.3 is 13.4 Å². The van der Waals surface area contributed by atoms with Gasteiger partial charge in [0.05, 0.1) is 0 Å². The Bertz CT molecular complexity index is 180. The lowest BCUT2D eigenvalue weighted by Gasteiger charge is -1.88. The topological polar surface area (TPSA) is 121 Å². The van der Waals surface area contributed by atoms with E-state index in [0.29, 0.717) is 0 Å². The molecule has 0 radical (unpaired) electrons. The van der Waals surface area contributed by atoms with Crippen molar-refractivity contribution in [3.05, 3.63) is 0 Å². The van der Waals surface area contributed by atoms with Gasteiger partial charge in [0.1, 0.15) is 0 Å². The van der Waals surface area contributed by atoms with Gasteiger partial charge in [-0.15, -0.1) is 0 Å². The SMILES string of the molecule is CC.CCC.CCSC.OP(O)(O)=S.OP(O)(O)=S. The summed E-state index contributed by atoms with van der Waals surface area (Å²) in [5.41, 5.74) is 0. The molecular formula is C8H28O6P2S3. The Hall–Kier alpha value is 1.41. The van der Waals surface area contributed by atoms with E-state index in [9.17, 15) is 0 Å². The van der Waals surface area contributed by atoms with E-state index >= 15 is 0 Å². The van der Waals surface area contributed by atoms with Gasteiger partial charge in [-0.3, -0.25) is 0 Å². The van der Waals surface area contributed by atoms with E-state index in [0.717, 1.165) is 0 Å². The average Bonchev–Trinajstić information content (AvgIpc) is 2.16. The molecular weight excluding hydrogens is 350 g/mol. The third-order valence-electron chi connectivity index (χ3n) is 0.289. The predicted octanol–water partition coefficient (Wildman–Crippen LogP) is 2.19. The van der Waals surface area contributed by atoms with Gasteiger partial charge in [0.15, 0.2) is 0 Å². The summed E-state index contributed by atoms with van der Waals surface area (Å²) >= 11 is 9.06. The molecule has 6 N–H and O–H groups in total. The Kier molecular flexibility index (Phi) is 41.6. The summed E-state index contributed by atoms with van der Waals surface area (Å²) in [6.45, 7) is 2.78. The highest BCUT2D eigenvalue weighted by Crippen LogP contribution is 2.26. The van der Waals surface area contributed by atoms with E-state index in [4.69, 9.17) is 29.4 Å². The van der Waals surface area contributed by atoms with Gasteiger partial charge < -0.3 is 29.4 Å². The first-order valence-corrected chi connectivity index (χ1v) is 12.1. The molecule has 0 aromatic heterocycles. The summed E-state index contributed by atoms with van der Waals surface area (Å²) in [5.74, 6) is 1.24. The van der Waals surface area contributed by atoms with Crippen molar-refractivity contribution >= 4 is 48.8 Å². The molecule has 0 spiro atoms. The maximum Gasteiger partial charge on any atom is 0.319 e. The van der Waals surface area contributed by atoms with E-state index in [2.05, 4.69) is 50.6 Å². The van der Waals surface area contributed by atoms with Crippen LogP contribution < -0.4 is 0 Å². The Balaban J connectivity index is -0.0000000446. The minimum atomic E-state index is -3.81. The van der Waals surface area contributed by atoms with Crippen LogP contribution in [-0.4, -0.2) is 41.4 Å². The predicted molar refractivity (Wildman–Crippen MR) is 93.3 cm³/mol. The lowest BCUT2D eigenvalue weighted by Crippen LogP contribution is -1.65. The standard InChI is InChI=1S/C3H8S.C3H8.C2H6.2H3O3PS/c1-3-4-2;1-3-2;1-2;2*1-4(2,3)5/h3H2,1-2H3;3H2,1-2H3;1-2H3;2*(H3,1,2,3,5). The fraction of sp³-hybridized carbons (Fsp3) is 1.00. The summed E-state index contributed by atoms with van der Waals surface area (Å²) in [4.78, 5) is 45.3. The van der Waals surface area contributed by atoms with Crippen LogP contribution in [0.25, 0.3) is 0 Å². The summed E-state index contributed by atoms with van der Waals surface area (Å²) in [7, 11) is 0. The number of hydrogen-bond acceptors (Lipinski definition) is 3. The summed E-state index contributed by atoms with van der Waals surface area (Å²) in [6.07, 6.45) is 3.35. The van der Waals surface area contributed by atoms with E-state index in [1.54, 1.807) is 0 Å². The molecule has 0 atom stereocenters. The highest BCUT2D eigenvalue weighted by atomic mass is 32.5. The molecule has 0 rings (SSSR count). The van der Waals surface area contributed by atoms with Crippen molar-refractivity contribution in [3.63, 3.8) is 0 Å². The van der Waals surface area contributed by atoms with Crippen LogP contribution in [0.15, 0.2) is 0 Å². The zero-order chi connectivity index (χ0) is 17.1. The smallest absolute Gasteiger partial charge is 0.319 e. The normalized spacial score (nSPS) is 9.05. The number of rotatable bonds is 1. The maximum absolute atomic E-state index is 7.56. The van der Waals surface area contributed by atoms with Gasteiger partial charge in [0, 0.05) is 0 Å². The third-order valence-corrected chi connectivity index (χ3v) is 0.866. The van der Waals surface area contributed by atoms with Gasteiger partial charge in [0.2, 0.25) is 0 Å². The van der Waals surface area contributed by atoms with Crippen molar-refractivity contribution in [3.8, 4) is 0 Å². The largest absolute Gasteiger partial charge is 0.325 e. The van der Waals surface area contributed by atoms with Crippen molar-refractivity contribution < 1.29 is 29.4 Å². The molecule has 124 valence electrons. The lowest BCUT2D eigenvalue weighted by molar-refractivity contribution is 0.361. The van der Waals surface area contributed by atoms with Gasteiger partial charge in [-0.2, -0.15) is 11.8 Å². The summed E-state index contributed by atoms with van der Waals surface area (Å²) in [5, 5.41) is 0. The van der Waals surface area contributed by atoms with Crippen molar-refractivity contribution in [1.29, 1.82) is 0 Å². The second-order valence-corrected chi connectivity index (χ2v) is 8.46. The molecule has 0 saturated carbocycles. The minimum Gasteiger partial charge on any atom is -0.325 e. The highest BCUT2D eigenvalue weighted by Gasteiger charge is 1.92. The minimum absolute atomic E-state index is 1.24. The van der Waals surface area contributed by atoms with E-state index in [1.165, 1.54) is 12.2 Å². The molecule has 11 heteroatoms. The molecule has 0 heterocycles. The highest BCUT2D eigenvalue weighted by molar-refractivity contribution is 8.06. The molecule has 0 bridgehead atoms. The molecule has 0 aliphatic carbocycles. The zero-order valence-electron chi connectivity index (χ0n) is 12.2. The van der Waals surface area contributed by atoms with Crippen LogP contribution in [0.5, 0.6) is 0 Å². The molecule has 6 nitrogen and oxygen atoms in total. The quantitative estimate of drug-likeness (QED) is 0.381. The van der Waals surface area contributed by atoms with Crippen molar-refractivity contribution in [2.24, 2.45) is 0 Å². The van der Waals surface area contributed by atoms with Crippen LogP contribution in [0.1, 0.15) is 41.0 Å². The second kappa shape index (κ2) is 24.4. The van der Waals surface area contributed by atoms with E-state index in [1.807, 2.05) is 25.6 Å². The first-order chi connectivity index (χ1) is 8.33. The fourth-order valence-corrected chi connectivity index (χ4v) is 0. The zero-order valence-corrected chi connectivity index (χ0v) is 16.5. The molecule has 0 amide bonds. The number of thioether (sulfide) groups is 1. The van der Waals surface area contributed by atoms with Gasteiger partial charge in [-0.1, -0.05) is 41.0 Å². The molecule has 0 aromatic carbocycles. The monoisotopic (exact) mass is 378 g/mol.